The number of nitrogens with zero attached hydrogens (tertiary/aromatic N) is 1. The zero-order valence-corrected chi connectivity index (χ0v) is 16.7. The Balaban J connectivity index is 2.59. The molecule has 0 aromatic heterocycles. The van der Waals surface area contributed by atoms with Crippen molar-refractivity contribution in [2.24, 2.45) is 0 Å². The summed E-state index contributed by atoms with van der Waals surface area (Å²) in [5, 5.41) is 0. The maximum absolute atomic E-state index is 12.5. The normalized spacial score (nSPS) is 14.1. The molecule has 2 rings (SSSR count). The minimum atomic E-state index is -0.682. The number of ether oxygens (including phenoxy) is 5. The van der Waals surface area contributed by atoms with E-state index in [2.05, 4.69) is 0 Å². The van der Waals surface area contributed by atoms with Gasteiger partial charge in [-0.3, -0.25) is 0 Å². The van der Waals surface area contributed by atoms with E-state index < -0.39 is 17.9 Å². The molecular weight excluding hydrogens is 366 g/mol. The molecule has 0 N–H and O–H groups in total. The molecule has 0 amide bonds. The third kappa shape index (κ3) is 4.45. The van der Waals surface area contributed by atoms with Crippen molar-refractivity contribution in [2.75, 3.05) is 48.7 Å². The fraction of sp³-hybridized carbons (Fsp3) is 0.400. The summed E-state index contributed by atoms with van der Waals surface area (Å²) in [5.74, 6) is -0.752. The Labute approximate surface area is 164 Å². The van der Waals surface area contributed by atoms with Gasteiger partial charge in [0.1, 0.15) is 0 Å². The summed E-state index contributed by atoms with van der Waals surface area (Å²) in [5.41, 5.74) is 1.26. The third-order valence-corrected chi connectivity index (χ3v) is 4.37. The van der Waals surface area contributed by atoms with Crippen molar-refractivity contribution in [3.05, 3.63) is 47.3 Å². The lowest BCUT2D eigenvalue weighted by Crippen LogP contribution is -2.30. The van der Waals surface area contributed by atoms with E-state index >= 15 is 0 Å². The second kappa shape index (κ2) is 9.80. The monoisotopic (exact) mass is 391 g/mol. The van der Waals surface area contributed by atoms with E-state index in [9.17, 15) is 9.59 Å². The molecule has 8 heteroatoms. The Hall–Kier alpha value is -3.00. The molecule has 0 fully saturated rings. The Morgan fingerprint density at radius 1 is 0.893 bits per heavy atom. The lowest BCUT2D eigenvalue weighted by molar-refractivity contribution is -0.137. The van der Waals surface area contributed by atoms with Crippen LogP contribution in [-0.4, -0.2) is 65.5 Å². The van der Waals surface area contributed by atoms with Crippen molar-refractivity contribution in [1.82, 2.24) is 4.90 Å². The fourth-order valence-corrected chi connectivity index (χ4v) is 3.01. The summed E-state index contributed by atoms with van der Waals surface area (Å²) in [7, 11) is 7.22. The summed E-state index contributed by atoms with van der Waals surface area (Å²) in [6, 6.07) is 5.21. The van der Waals surface area contributed by atoms with Crippen LogP contribution in [0.1, 0.15) is 11.5 Å². The summed E-state index contributed by atoms with van der Waals surface area (Å²) in [4.78, 5) is 26.7. The van der Waals surface area contributed by atoms with Crippen LogP contribution in [0, 0.1) is 0 Å². The smallest absolute Gasteiger partial charge is 0.336 e. The highest BCUT2D eigenvalue weighted by Gasteiger charge is 2.35. The van der Waals surface area contributed by atoms with E-state index in [1.807, 2.05) is 0 Å². The molecule has 0 radical (unpaired) electrons. The van der Waals surface area contributed by atoms with E-state index in [0.29, 0.717) is 41.4 Å². The minimum absolute atomic E-state index is 0.300. The molecule has 0 atom stereocenters. The minimum Gasteiger partial charge on any atom is -0.493 e. The Kier molecular flexibility index (Phi) is 7.45. The van der Waals surface area contributed by atoms with Gasteiger partial charge in [0.15, 0.2) is 11.5 Å². The van der Waals surface area contributed by atoms with Crippen molar-refractivity contribution in [3.63, 3.8) is 0 Å². The number of methoxy groups -OCH3 is 5. The Morgan fingerprint density at radius 3 is 1.93 bits per heavy atom. The van der Waals surface area contributed by atoms with Crippen LogP contribution in [0.3, 0.4) is 0 Å². The molecule has 0 unspecified atom stereocenters. The molecule has 0 saturated heterocycles. The van der Waals surface area contributed by atoms with E-state index in [1.165, 1.54) is 28.4 Å². The fourth-order valence-electron chi connectivity index (χ4n) is 3.01. The van der Waals surface area contributed by atoms with Gasteiger partial charge in [-0.15, -0.1) is 0 Å². The van der Waals surface area contributed by atoms with E-state index in [1.54, 1.807) is 42.6 Å². The van der Waals surface area contributed by atoms with Gasteiger partial charge in [-0.25, -0.2) is 9.59 Å². The lowest BCUT2D eigenvalue weighted by Gasteiger charge is -2.30. The highest BCUT2D eigenvalue weighted by atomic mass is 16.5. The first-order valence-corrected chi connectivity index (χ1v) is 8.57. The van der Waals surface area contributed by atoms with E-state index in [4.69, 9.17) is 23.7 Å². The quantitative estimate of drug-likeness (QED) is 0.621. The van der Waals surface area contributed by atoms with Gasteiger partial charge in [0.2, 0.25) is 0 Å². The maximum atomic E-state index is 12.5. The number of esters is 2. The Morgan fingerprint density at radius 2 is 1.46 bits per heavy atom. The highest BCUT2D eigenvalue weighted by molar-refractivity contribution is 5.98. The molecule has 0 saturated carbocycles. The van der Waals surface area contributed by atoms with Crippen LogP contribution in [-0.2, 0) is 23.8 Å². The highest BCUT2D eigenvalue weighted by Crippen LogP contribution is 2.40. The summed E-state index contributed by atoms with van der Waals surface area (Å²) >= 11 is 0. The first-order chi connectivity index (χ1) is 13.5. The predicted molar refractivity (Wildman–Crippen MR) is 101 cm³/mol. The van der Waals surface area contributed by atoms with Crippen LogP contribution in [0.5, 0.6) is 11.5 Å². The number of benzene rings is 1. The first-order valence-electron chi connectivity index (χ1n) is 8.57. The van der Waals surface area contributed by atoms with E-state index in [0.717, 1.165) is 0 Å². The summed E-state index contributed by atoms with van der Waals surface area (Å²) in [6.07, 6.45) is 3.30. The standard InChI is InChI=1S/C20H25NO7/c1-24-9-8-21-11-14(19(22)27-4)18(15(12-21)20(23)28-5)13-6-7-16(25-2)17(10-13)26-3/h6-7,10-12,18H,8-9H2,1-5H3. The molecule has 1 aromatic rings. The molecule has 8 nitrogen and oxygen atoms in total. The van der Waals surface area contributed by atoms with Crippen molar-refractivity contribution >= 4 is 11.9 Å². The molecule has 1 aliphatic rings. The van der Waals surface area contributed by atoms with Gasteiger partial charge in [-0.2, -0.15) is 0 Å². The van der Waals surface area contributed by atoms with Crippen LogP contribution in [0.4, 0.5) is 0 Å². The van der Waals surface area contributed by atoms with Crippen LogP contribution < -0.4 is 9.47 Å². The molecular formula is C20H25NO7. The van der Waals surface area contributed by atoms with Gasteiger partial charge in [-0.1, -0.05) is 6.07 Å². The molecule has 28 heavy (non-hydrogen) atoms. The summed E-state index contributed by atoms with van der Waals surface area (Å²) < 4.78 is 25.6. The molecule has 1 aliphatic heterocycles. The number of carbonyl (C=O) groups excluding carboxylic acids is 2. The van der Waals surface area contributed by atoms with Crippen molar-refractivity contribution in [1.29, 1.82) is 0 Å². The third-order valence-electron chi connectivity index (χ3n) is 4.37. The van der Waals surface area contributed by atoms with Crippen LogP contribution in [0.2, 0.25) is 0 Å². The Bertz CT molecular complexity index is 751. The molecule has 1 heterocycles. The summed E-state index contributed by atoms with van der Waals surface area (Å²) in [6.45, 7) is 0.868. The zero-order valence-electron chi connectivity index (χ0n) is 16.7. The topological polar surface area (TPSA) is 83.5 Å². The molecule has 152 valence electrons. The largest absolute Gasteiger partial charge is 0.493 e. The van der Waals surface area contributed by atoms with E-state index in [-0.39, 0.29) is 0 Å². The SMILES string of the molecule is COCCN1C=C(C(=O)OC)C(c2ccc(OC)c(OC)c2)C(C(=O)OC)=C1. The van der Waals surface area contributed by atoms with Crippen LogP contribution >= 0.6 is 0 Å². The van der Waals surface area contributed by atoms with Crippen molar-refractivity contribution < 1.29 is 33.3 Å². The first kappa shape index (κ1) is 21.3. The van der Waals surface area contributed by atoms with Gasteiger partial charge in [0.25, 0.3) is 0 Å². The average molecular weight is 391 g/mol. The zero-order chi connectivity index (χ0) is 20.7. The number of hydrogen-bond donors (Lipinski definition) is 0. The van der Waals surface area contributed by atoms with Crippen LogP contribution in [0.15, 0.2) is 41.7 Å². The molecule has 0 spiro atoms. The molecule has 0 aliphatic carbocycles. The van der Waals surface area contributed by atoms with Gasteiger partial charge in [0, 0.05) is 26.1 Å². The number of rotatable bonds is 8. The average Bonchev–Trinajstić information content (AvgIpc) is 2.75. The van der Waals surface area contributed by atoms with Crippen molar-refractivity contribution in [2.45, 2.75) is 5.92 Å². The second-order valence-corrected chi connectivity index (χ2v) is 5.93. The number of hydrogen-bond acceptors (Lipinski definition) is 8. The van der Waals surface area contributed by atoms with Crippen LogP contribution in [0.25, 0.3) is 0 Å². The number of carbonyl (C=O) groups is 2. The predicted octanol–water partition coefficient (Wildman–Crippen LogP) is 1.86. The molecule has 0 bridgehead atoms. The second-order valence-electron chi connectivity index (χ2n) is 5.93. The van der Waals surface area contributed by atoms with Gasteiger partial charge < -0.3 is 28.6 Å². The lowest BCUT2D eigenvalue weighted by atomic mass is 9.83. The molecule has 1 aromatic carbocycles. The maximum Gasteiger partial charge on any atom is 0.336 e. The van der Waals surface area contributed by atoms with Gasteiger partial charge >= 0.3 is 11.9 Å². The van der Waals surface area contributed by atoms with Gasteiger partial charge in [-0.05, 0) is 17.7 Å². The van der Waals surface area contributed by atoms with Gasteiger partial charge in [0.05, 0.1) is 52.1 Å². The van der Waals surface area contributed by atoms with Crippen molar-refractivity contribution in [3.8, 4) is 11.5 Å².